The highest BCUT2D eigenvalue weighted by Gasteiger charge is 2.46. The molecule has 0 heterocycles. The number of hydrogen-bond donors (Lipinski definition) is 3. The van der Waals surface area contributed by atoms with Crippen LogP contribution in [0.25, 0.3) is 0 Å². The van der Waals surface area contributed by atoms with Crippen LogP contribution in [-0.4, -0.2) is 15.3 Å². The minimum Gasteiger partial charge on any atom is -0.508 e. The summed E-state index contributed by atoms with van der Waals surface area (Å²) in [5, 5.41) is 32.7. The van der Waals surface area contributed by atoms with Crippen molar-refractivity contribution in [1.82, 2.24) is 0 Å². The molecular formula is C63H48O3. The Morgan fingerprint density at radius 2 is 0.318 bits per heavy atom. The highest BCUT2D eigenvalue weighted by atomic mass is 16.3. The van der Waals surface area contributed by atoms with E-state index in [4.69, 9.17) is 0 Å². The second-order valence-electron chi connectivity index (χ2n) is 16.9. The first-order valence-electron chi connectivity index (χ1n) is 22.3. The molecule has 0 amide bonds. The molecule has 0 aliphatic carbocycles. The minimum atomic E-state index is -0.941. The summed E-state index contributed by atoms with van der Waals surface area (Å²) in [5.74, 6) is 0.548. The Kier molecular flexibility index (Phi) is 11.1. The molecule has 0 atom stereocenters. The van der Waals surface area contributed by atoms with Crippen LogP contribution in [0.3, 0.4) is 0 Å². The summed E-state index contributed by atoms with van der Waals surface area (Å²) >= 11 is 0. The van der Waals surface area contributed by atoms with Crippen molar-refractivity contribution < 1.29 is 15.3 Å². The molecule has 318 valence electrons. The molecule has 0 aromatic heterocycles. The highest BCUT2D eigenvalue weighted by molar-refractivity contribution is 5.69. The van der Waals surface area contributed by atoms with Crippen molar-refractivity contribution in [3.05, 3.63) is 340 Å². The van der Waals surface area contributed by atoms with Crippen molar-refractivity contribution in [2.24, 2.45) is 0 Å². The minimum absolute atomic E-state index is 0.183. The topological polar surface area (TPSA) is 60.7 Å². The van der Waals surface area contributed by atoms with Crippen LogP contribution >= 0.6 is 0 Å². The van der Waals surface area contributed by atoms with Crippen LogP contribution in [0, 0.1) is 0 Å². The van der Waals surface area contributed by atoms with Gasteiger partial charge in [0.15, 0.2) is 0 Å². The first-order chi connectivity index (χ1) is 32.4. The fourth-order valence-corrected chi connectivity index (χ4v) is 10.5. The van der Waals surface area contributed by atoms with Gasteiger partial charge in [-0.3, -0.25) is 0 Å². The molecule has 0 saturated heterocycles. The number of hydrogen-bond acceptors (Lipinski definition) is 3. The molecule has 0 radical (unpaired) electrons. The monoisotopic (exact) mass is 852 g/mol. The van der Waals surface area contributed by atoms with Crippen molar-refractivity contribution in [2.75, 3.05) is 0 Å². The van der Waals surface area contributed by atoms with Gasteiger partial charge < -0.3 is 15.3 Å². The number of phenols is 3. The molecule has 10 rings (SSSR count). The van der Waals surface area contributed by atoms with E-state index in [2.05, 4.69) is 200 Å². The molecule has 10 aromatic rings. The van der Waals surface area contributed by atoms with Gasteiger partial charge in [-0.1, -0.05) is 237 Å². The van der Waals surface area contributed by atoms with E-state index in [9.17, 15) is 15.3 Å². The van der Waals surface area contributed by atoms with Crippen LogP contribution in [0.4, 0.5) is 0 Å². The van der Waals surface area contributed by atoms with Crippen LogP contribution in [0.1, 0.15) is 66.8 Å². The second kappa shape index (κ2) is 17.6. The highest BCUT2D eigenvalue weighted by Crippen LogP contribution is 2.54. The first-order valence-corrected chi connectivity index (χ1v) is 22.3. The first kappa shape index (κ1) is 41.6. The largest absolute Gasteiger partial charge is 0.508 e. The van der Waals surface area contributed by atoms with Crippen molar-refractivity contribution in [3.8, 4) is 17.2 Å². The van der Waals surface area contributed by atoms with Gasteiger partial charge in [-0.2, -0.15) is 0 Å². The van der Waals surface area contributed by atoms with E-state index < -0.39 is 16.2 Å². The van der Waals surface area contributed by atoms with Crippen LogP contribution in [0.5, 0.6) is 17.2 Å². The predicted molar refractivity (Wildman–Crippen MR) is 266 cm³/mol. The molecule has 3 N–H and O–H groups in total. The zero-order chi connectivity index (χ0) is 45.0. The molecule has 0 aliphatic rings. The van der Waals surface area contributed by atoms with Gasteiger partial charge in [-0.05, 0) is 103 Å². The number of phenolic OH excluding ortho intramolecular Hbond substituents is 3. The van der Waals surface area contributed by atoms with Gasteiger partial charge in [-0.15, -0.1) is 0 Å². The Labute approximate surface area is 386 Å². The molecule has 3 nitrogen and oxygen atoms in total. The quantitative estimate of drug-likeness (QED) is 0.107. The predicted octanol–water partition coefficient (Wildman–Crippen LogP) is 14.0. The summed E-state index contributed by atoms with van der Waals surface area (Å²) in [6.45, 7) is 0. The van der Waals surface area contributed by atoms with Gasteiger partial charge in [0.25, 0.3) is 0 Å². The average molecular weight is 853 g/mol. The Balaban J connectivity index is 1.49. The molecule has 3 heteroatoms. The molecule has 0 spiro atoms. The van der Waals surface area contributed by atoms with E-state index in [-0.39, 0.29) is 17.2 Å². The Hall–Kier alpha value is -8.40. The average Bonchev–Trinajstić information content (AvgIpc) is 3.38. The van der Waals surface area contributed by atoms with Crippen molar-refractivity contribution in [1.29, 1.82) is 0 Å². The molecule has 66 heavy (non-hydrogen) atoms. The lowest BCUT2D eigenvalue weighted by molar-refractivity contribution is 0.474. The van der Waals surface area contributed by atoms with Crippen LogP contribution < -0.4 is 0 Å². The zero-order valence-corrected chi connectivity index (χ0v) is 36.3. The van der Waals surface area contributed by atoms with E-state index in [1.807, 2.05) is 36.4 Å². The van der Waals surface area contributed by atoms with E-state index in [0.29, 0.717) is 0 Å². The van der Waals surface area contributed by atoms with Crippen LogP contribution in [0.15, 0.2) is 273 Å². The lowest BCUT2D eigenvalue weighted by Crippen LogP contribution is -2.37. The third-order valence-corrected chi connectivity index (χ3v) is 13.4. The maximum Gasteiger partial charge on any atom is 0.115 e. The standard InChI is InChI=1S/C63H48O3/c64-58-37-31-52(32-38-58)61(46-19-7-1-8-20-46,47-21-9-2-10-22-47)55-43-56(62(48-23-11-3-12-24-48,49-25-13-4-14-26-49)53-33-39-59(65)40-34-53)45-57(44-55)63(50-27-15-5-16-28-50,51-29-17-6-18-30-51)54-35-41-60(66)42-36-54/h1-45,64-66H. The molecule has 0 saturated carbocycles. The third-order valence-electron chi connectivity index (χ3n) is 13.4. The summed E-state index contributed by atoms with van der Waals surface area (Å²) in [4.78, 5) is 0. The van der Waals surface area contributed by atoms with Crippen LogP contribution in [-0.2, 0) is 16.2 Å². The van der Waals surface area contributed by atoms with E-state index in [0.717, 1.165) is 66.8 Å². The van der Waals surface area contributed by atoms with Crippen molar-refractivity contribution >= 4 is 0 Å². The zero-order valence-electron chi connectivity index (χ0n) is 36.3. The fraction of sp³-hybridized carbons (Fsp3) is 0.0476. The van der Waals surface area contributed by atoms with Gasteiger partial charge in [0, 0.05) is 0 Å². The second-order valence-corrected chi connectivity index (χ2v) is 16.9. The van der Waals surface area contributed by atoms with Crippen molar-refractivity contribution in [2.45, 2.75) is 16.2 Å². The van der Waals surface area contributed by atoms with Gasteiger partial charge in [0.1, 0.15) is 17.2 Å². The lowest BCUT2D eigenvalue weighted by Gasteiger charge is -2.43. The van der Waals surface area contributed by atoms with Crippen molar-refractivity contribution in [3.63, 3.8) is 0 Å². The molecular weight excluding hydrogens is 805 g/mol. The summed E-state index contributed by atoms with van der Waals surface area (Å²) < 4.78 is 0. The molecule has 0 unspecified atom stereocenters. The lowest BCUT2D eigenvalue weighted by atomic mass is 9.58. The van der Waals surface area contributed by atoms with E-state index >= 15 is 0 Å². The SMILES string of the molecule is Oc1ccc(C(c2ccccc2)(c2ccccc2)c2cc(C(c3ccccc3)(c3ccccc3)c3ccc(O)cc3)cc(C(c3ccccc3)(c3ccccc3)c3ccc(O)cc3)c2)cc1. The summed E-state index contributed by atoms with van der Waals surface area (Å²) in [7, 11) is 0. The van der Waals surface area contributed by atoms with Gasteiger partial charge in [-0.25, -0.2) is 0 Å². The van der Waals surface area contributed by atoms with Gasteiger partial charge in [0.05, 0.1) is 16.2 Å². The maximum absolute atomic E-state index is 10.9. The summed E-state index contributed by atoms with van der Waals surface area (Å²) in [6, 6.07) is 94.1. The smallest absolute Gasteiger partial charge is 0.115 e. The van der Waals surface area contributed by atoms with E-state index in [1.165, 1.54) is 0 Å². The van der Waals surface area contributed by atoms with Gasteiger partial charge >= 0.3 is 0 Å². The molecule has 0 bridgehead atoms. The molecule has 0 fully saturated rings. The van der Waals surface area contributed by atoms with Crippen LogP contribution in [0.2, 0.25) is 0 Å². The summed E-state index contributed by atoms with van der Waals surface area (Å²) in [5.41, 5.74) is 9.42. The molecule has 0 aliphatic heterocycles. The number of rotatable bonds is 12. The Morgan fingerprint density at radius 1 is 0.167 bits per heavy atom. The van der Waals surface area contributed by atoms with Gasteiger partial charge in [0.2, 0.25) is 0 Å². The normalized spacial score (nSPS) is 11.8. The Bertz CT molecular complexity index is 2680. The summed E-state index contributed by atoms with van der Waals surface area (Å²) in [6.07, 6.45) is 0. The number of aromatic hydroxyl groups is 3. The number of benzene rings is 10. The maximum atomic E-state index is 10.9. The fourth-order valence-electron chi connectivity index (χ4n) is 10.5. The Morgan fingerprint density at radius 3 is 0.485 bits per heavy atom. The van der Waals surface area contributed by atoms with E-state index in [1.54, 1.807) is 36.4 Å². The molecule has 10 aromatic carbocycles. The third kappa shape index (κ3) is 7.03.